The second kappa shape index (κ2) is 9.65. The lowest BCUT2D eigenvalue weighted by atomic mass is 10.2. The minimum absolute atomic E-state index is 0.0671. The zero-order chi connectivity index (χ0) is 21.6. The number of hydrogen-bond acceptors (Lipinski definition) is 6. The van der Waals surface area contributed by atoms with Crippen molar-refractivity contribution in [2.45, 2.75) is 19.4 Å². The topological polar surface area (TPSA) is 108 Å². The van der Waals surface area contributed by atoms with E-state index in [1.807, 2.05) is 53.4 Å². The first-order valence-electron chi connectivity index (χ1n) is 10.1. The number of benzene rings is 2. The van der Waals surface area contributed by atoms with Crippen LogP contribution in [0.4, 0.5) is 33.6 Å². The summed E-state index contributed by atoms with van der Waals surface area (Å²) in [6.07, 6.45) is 3.81. The number of nitrogens with one attached hydrogen (secondary N) is 3. The Morgan fingerprint density at radius 2 is 1.87 bits per heavy atom. The van der Waals surface area contributed by atoms with Gasteiger partial charge >= 0.3 is 6.03 Å². The zero-order valence-electron chi connectivity index (χ0n) is 16.9. The van der Waals surface area contributed by atoms with E-state index in [4.69, 9.17) is 5.73 Å². The third-order valence-corrected chi connectivity index (χ3v) is 5.50. The standard InChI is InChI=1S/C22H24BrN7O/c23-19-14-26-21(29-20(19)25-13-15-5-3-6-16(24)11-15)27-17-7-4-8-18(12-17)28-22(31)30-9-1-2-10-30/h3-8,11-12,14H,1-2,9-10,13,24H2,(H,28,31)(H2,25,26,27,29). The third kappa shape index (κ3) is 5.64. The fraction of sp³-hybridized carbons (Fsp3) is 0.227. The zero-order valence-corrected chi connectivity index (χ0v) is 18.5. The van der Waals surface area contributed by atoms with E-state index < -0.39 is 0 Å². The number of likely N-dealkylation sites (tertiary alicyclic amines) is 1. The Hall–Kier alpha value is -3.33. The van der Waals surface area contributed by atoms with Crippen molar-refractivity contribution >= 4 is 50.8 Å². The molecule has 0 atom stereocenters. The molecule has 1 aliphatic heterocycles. The molecule has 160 valence electrons. The molecule has 0 radical (unpaired) electrons. The molecule has 5 N–H and O–H groups in total. The lowest BCUT2D eigenvalue weighted by Gasteiger charge is -2.16. The van der Waals surface area contributed by atoms with E-state index in [2.05, 4.69) is 41.8 Å². The average molecular weight is 482 g/mol. The van der Waals surface area contributed by atoms with Crippen LogP contribution in [0.3, 0.4) is 0 Å². The van der Waals surface area contributed by atoms with Gasteiger partial charge in [0, 0.05) is 42.9 Å². The summed E-state index contributed by atoms with van der Waals surface area (Å²) < 4.78 is 0.758. The van der Waals surface area contributed by atoms with Crippen molar-refractivity contribution in [1.29, 1.82) is 0 Å². The highest BCUT2D eigenvalue weighted by molar-refractivity contribution is 9.10. The Bertz CT molecular complexity index is 1070. The van der Waals surface area contributed by atoms with Crippen molar-refractivity contribution in [3.63, 3.8) is 0 Å². The average Bonchev–Trinajstić information content (AvgIpc) is 3.30. The minimum Gasteiger partial charge on any atom is -0.399 e. The van der Waals surface area contributed by atoms with Crippen molar-refractivity contribution in [2.75, 3.05) is 34.8 Å². The van der Waals surface area contributed by atoms with E-state index in [-0.39, 0.29) is 6.03 Å². The normalized spacial score (nSPS) is 13.1. The van der Waals surface area contributed by atoms with Crippen LogP contribution in [0.5, 0.6) is 0 Å². The molecule has 0 bridgehead atoms. The van der Waals surface area contributed by atoms with Gasteiger partial charge in [0.25, 0.3) is 0 Å². The molecule has 0 unspecified atom stereocenters. The van der Waals surface area contributed by atoms with E-state index in [0.29, 0.717) is 18.3 Å². The number of carbonyl (C=O) groups is 1. The van der Waals surface area contributed by atoms with Crippen LogP contribution < -0.4 is 21.7 Å². The van der Waals surface area contributed by atoms with Crippen molar-refractivity contribution in [2.24, 2.45) is 0 Å². The summed E-state index contributed by atoms with van der Waals surface area (Å²) in [5, 5.41) is 9.44. The van der Waals surface area contributed by atoms with Gasteiger partial charge in [0.05, 0.1) is 4.47 Å². The van der Waals surface area contributed by atoms with Gasteiger partial charge in [-0.3, -0.25) is 0 Å². The van der Waals surface area contributed by atoms with Gasteiger partial charge in [-0.15, -0.1) is 0 Å². The van der Waals surface area contributed by atoms with Gasteiger partial charge in [0.1, 0.15) is 5.82 Å². The molecule has 4 rings (SSSR count). The Balaban J connectivity index is 1.42. The SMILES string of the molecule is Nc1cccc(CNc2nc(Nc3cccc(NC(=O)N4CCCC4)c3)ncc2Br)c1. The summed E-state index contributed by atoms with van der Waals surface area (Å²) in [7, 11) is 0. The van der Waals surface area contributed by atoms with Crippen LogP contribution >= 0.6 is 15.9 Å². The van der Waals surface area contributed by atoms with Gasteiger partial charge in [-0.1, -0.05) is 18.2 Å². The first-order chi connectivity index (χ1) is 15.1. The molecule has 8 nitrogen and oxygen atoms in total. The molecular weight excluding hydrogens is 458 g/mol. The summed E-state index contributed by atoms with van der Waals surface area (Å²) >= 11 is 3.48. The van der Waals surface area contributed by atoms with Crippen molar-refractivity contribution in [3.8, 4) is 0 Å². The van der Waals surface area contributed by atoms with Gasteiger partial charge in [-0.05, 0) is 64.7 Å². The molecule has 1 saturated heterocycles. The maximum absolute atomic E-state index is 12.3. The Morgan fingerprint density at radius 1 is 1.10 bits per heavy atom. The van der Waals surface area contributed by atoms with Crippen LogP contribution in [0.1, 0.15) is 18.4 Å². The molecule has 2 heterocycles. The molecule has 0 saturated carbocycles. The number of nitrogen functional groups attached to an aromatic ring is 1. The summed E-state index contributed by atoms with van der Waals surface area (Å²) in [6.45, 7) is 2.20. The predicted octanol–water partition coefficient (Wildman–Crippen LogP) is 4.80. The fourth-order valence-electron chi connectivity index (χ4n) is 3.37. The number of halogens is 1. The molecule has 0 aliphatic carbocycles. The summed E-state index contributed by atoms with van der Waals surface area (Å²) in [5.74, 6) is 1.11. The van der Waals surface area contributed by atoms with E-state index >= 15 is 0 Å². The molecule has 31 heavy (non-hydrogen) atoms. The van der Waals surface area contributed by atoms with Crippen LogP contribution in [-0.4, -0.2) is 34.0 Å². The van der Waals surface area contributed by atoms with Crippen molar-refractivity contribution in [3.05, 3.63) is 64.8 Å². The molecule has 3 aromatic rings. The molecule has 1 aliphatic rings. The highest BCUT2D eigenvalue weighted by atomic mass is 79.9. The third-order valence-electron chi connectivity index (χ3n) is 4.92. The summed E-state index contributed by atoms with van der Waals surface area (Å²) in [4.78, 5) is 23.0. The smallest absolute Gasteiger partial charge is 0.321 e. The number of urea groups is 1. The highest BCUT2D eigenvalue weighted by Gasteiger charge is 2.17. The number of anilines is 5. The molecule has 9 heteroatoms. The van der Waals surface area contributed by atoms with Gasteiger partial charge in [0.15, 0.2) is 0 Å². The van der Waals surface area contributed by atoms with Crippen molar-refractivity contribution < 1.29 is 4.79 Å². The number of aromatic nitrogens is 2. The van der Waals surface area contributed by atoms with E-state index in [1.165, 1.54) is 0 Å². The summed E-state index contributed by atoms with van der Waals surface area (Å²) in [5.41, 5.74) is 9.13. The van der Waals surface area contributed by atoms with Crippen molar-refractivity contribution in [1.82, 2.24) is 14.9 Å². The molecule has 1 fully saturated rings. The van der Waals surface area contributed by atoms with Gasteiger partial charge in [-0.2, -0.15) is 4.98 Å². The molecule has 1 aromatic heterocycles. The fourth-order valence-corrected chi connectivity index (χ4v) is 3.70. The lowest BCUT2D eigenvalue weighted by molar-refractivity contribution is 0.222. The largest absolute Gasteiger partial charge is 0.399 e. The second-order valence-corrected chi connectivity index (χ2v) is 8.17. The lowest BCUT2D eigenvalue weighted by Crippen LogP contribution is -2.32. The van der Waals surface area contributed by atoms with Crippen LogP contribution in [0.2, 0.25) is 0 Å². The maximum atomic E-state index is 12.3. The Labute approximate surface area is 189 Å². The number of amides is 2. The van der Waals surface area contributed by atoms with Gasteiger partial charge < -0.3 is 26.6 Å². The van der Waals surface area contributed by atoms with Crippen LogP contribution in [0.25, 0.3) is 0 Å². The first kappa shape index (κ1) is 20.9. The summed E-state index contributed by atoms with van der Waals surface area (Å²) in [6, 6.07) is 15.1. The highest BCUT2D eigenvalue weighted by Crippen LogP contribution is 2.24. The van der Waals surface area contributed by atoms with Crippen LogP contribution in [0.15, 0.2) is 59.2 Å². The number of nitrogens with two attached hydrogens (primary N) is 1. The molecule has 2 aromatic carbocycles. The minimum atomic E-state index is -0.0671. The number of rotatable bonds is 6. The number of nitrogens with zero attached hydrogens (tertiary/aromatic N) is 3. The Morgan fingerprint density at radius 3 is 2.68 bits per heavy atom. The molecule has 2 amide bonds. The predicted molar refractivity (Wildman–Crippen MR) is 127 cm³/mol. The van der Waals surface area contributed by atoms with Gasteiger partial charge in [-0.25, -0.2) is 9.78 Å². The maximum Gasteiger partial charge on any atom is 0.321 e. The molecular formula is C22H24BrN7O. The van der Waals surface area contributed by atoms with E-state index in [1.54, 1.807) is 6.20 Å². The van der Waals surface area contributed by atoms with Gasteiger partial charge in [0.2, 0.25) is 5.95 Å². The van der Waals surface area contributed by atoms with Crippen LogP contribution in [0, 0.1) is 0 Å². The number of hydrogen-bond donors (Lipinski definition) is 4. The molecule has 0 spiro atoms. The quantitative estimate of drug-likeness (QED) is 0.376. The van der Waals surface area contributed by atoms with E-state index in [9.17, 15) is 4.79 Å². The monoisotopic (exact) mass is 481 g/mol. The van der Waals surface area contributed by atoms with Crippen LogP contribution in [-0.2, 0) is 6.54 Å². The Kier molecular flexibility index (Phi) is 6.51. The second-order valence-electron chi connectivity index (χ2n) is 7.32. The van der Waals surface area contributed by atoms with E-state index in [0.717, 1.165) is 53.0 Å². The number of carbonyl (C=O) groups excluding carboxylic acids is 1. The first-order valence-corrected chi connectivity index (χ1v) is 10.9.